The fourth-order valence-corrected chi connectivity index (χ4v) is 4.31. The first-order valence-electron chi connectivity index (χ1n) is 9.09. The first-order valence-corrected chi connectivity index (χ1v) is 9.09. The monoisotopic (exact) mass is 378 g/mol. The number of amides is 1. The van der Waals surface area contributed by atoms with Crippen molar-refractivity contribution in [3.05, 3.63) is 41.3 Å². The minimum atomic E-state index is -4.44. The molecule has 27 heavy (non-hydrogen) atoms. The van der Waals surface area contributed by atoms with Gasteiger partial charge in [0, 0.05) is 18.8 Å². The summed E-state index contributed by atoms with van der Waals surface area (Å²) < 4.78 is 39.5. The molecular weight excluding hydrogens is 357 g/mol. The highest BCUT2D eigenvalue weighted by molar-refractivity contribution is 5.95. The van der Waals surface area contributed by atoms with Gasteiger partial charge in [-0.2, -0.15) is 18.3 Å². The number of carbonyl (C=O) groups is 1. The summed E-state index contributed by atoms with van der Waals surface area (Å²) in [7, 11) is 0. The Morgan fingerprint density at radius 3 is 2.52 bits per heavy atom. The number of aromatic nitrogens is 3. The van der Waals surface area contributed by atoms with Crippen molar-refractivity contribution >= 4 is 5.91 Å². The van der Waals surface area contributed by atoms with Crippen molar-refractivity contribution < 1.29 is 18.0 Å². The number of pyridine rings is 1. The second-order valence-corrected chi connectivity index (χ2v) is 7.80. The lowest BCUT2D eigenvalue weighted by Gasteiger charge is -2.37. The number of hydrogen-bond donors (Lipinski definition) is 0. The molecule has 2 aromatic heterocycles. The Kier molecular flexibility index (Phi) is 4.05. The van der Waals surface area contributed by atoms with E-state index in [1.165, 1.54) is 36.2 Å². The molecule has 144 valence electrons. The number of rotatable bonds is 2. The van der Waals surface area contributed by atoms with Crippen LogP contribution in [0.15, 0.2) is 24.5 Å². The molecule has 8 heteroatoms. The normalized spacial score (nSPS) is 21.5. The summed E-state index contributed by atoms with van der Waals surface area (Å²) in [5.41, 5.74) is 0.520. The summed E-state index contributed by atoms with van der Waals surface area (Å²) in [6, 6.07) is 2.41. The standard InChI is InChI=1S/C19H21F3N4O/c1-12-8-18(6-3-7-18)11-25(12)17(27)15-10-24-26(13(15)2)16-5-4-14(9-23-16)19(20,21)22/h4-5,9-10,12H,3,6-8,11H2,1-2H3. The summed E-state index contributed by atoms with van der Waals surface area (Å²) in [5, 5.41) is 4.19. The van der Waals surface area contributed by atoms with E-state index in [9.17, 15) is 18.0 Å². The van der Waals surface area contributed by atoms with Crippen molar-refractivity contribution in [1.29, 1.82) is 0 Å². The van der Waals surface area contributed by atoms with E-state index in [1.807, 2.05) is 4.90 Å². The summed E-state index contributed by atoms with van der Waals surface area (Å²) >= 11 is 0. The number of carbonyl (C=O) groups excluding carboxylic acids is 1. The molecule has 3 heterocycles. The topological polar surface area (TPSA) is 51.0 Å². The Balaban J connectivity index is 1.58. The predicted octanol–water partition coefficient (Wildman–Crippen LogP) is 4.00. The van der Waals surface area contributed by atoms with E-state index in [0.717, 1.165) is 25.2 Å². The van der Waals surface area contributed by atoms with Gasteiger partial charge in [0.1, 0.15) is 0 Å². The van der Waals surface area contributed by atoms with Gasteiger partial charge in [-0.15, -0.1) is 0 Å². The Morgan fingerprint density at radius 1 is 1.26 bits per heavy atom. The summed E-state index contributed by atoms with van der Waals surface area (Å²) in [6.45, 7) is 4.58. The molecule has 1 atom stereocenters. The minimum Gasteiger partial charge on any atom is -0.335 e. The zero-order valence-corrected chi connectivity index (χ0v) is 15.3. The SMILES string of the molecule is Cc1c(C(=O)N2CC3(CCC3)CC2C)cnn1-c1ccc(C(F)(F)F)cn1. The van der Waals surface area contributed by atoms with E-state index in [1.54, 1.807) is 6.92 Å². The first kappa shape index (κ1) is 18.0. The number of likely N-dealkylation sites (tertiary alicyclic amines) is 1. The molecule has 0 bridgehead atoms. The molecule has 1 saturated carbocycles. The van der Waals surface area contributed by atoms with Crippen LogP contribution in [0.4, 0.5) is 13.2 Å². The molecule has 1 spiro atoms. The molecular formula is C19H21F3N4O. The van der Waals surface area contributed by atoms with Crippen LogP contribution in [-0.2, 0) is 6.18 Å². The molecule has 2 aliphatic rings. The van der Waals surface area contributed by atoms with E-state index in [4.69, 9.17) is 0 Å². The van der Waals surface area contributed by atoms with Gasteiger partial charge in [-0.3, -0.25) is 4.79 Å². The van der Waals surface area contributed by atoms with Crippen LogP contribution >= 0.6 is 0 Å². The molecule has 1 amide bonds. The van der Waals surface area contributed by atoms with Crippen LogP contribution < -0.4 is 0 Å². The van der Waals surface area contributed by atoms with E-state index in [-0.39, 0.29) is 23.2 Å². The quantitative estimate of drug-likeness (QED) is 0.794. The highest BCUT2D eigenvalue weighted by atomic mass is 19.4. The average molecular weight is 378 g/mol. The van der Waals surface area contributed by atoms with Gasteiger partial charge in [-0.25, -0.2) is 9.67 Å². The molecule has 4 rings (SSSR count). The van der Waals surface area contributed by atoms with Crippen LogP contribution in [0.3, 0.4) is 0 Å². The van der Waals surface area contributed by atoms with Crippen LogP contribution in [-0.4, -0.2) is 38.2 Å². The highest BCUT2D eigenvalue weighted by Crippen LogP contribution is 2.50. The van der Waals surface area contributed by atoms with Gasteiger partial charge in [-0.05, 0) is 50.7 Å². The highest BCUT2D eigenvalue weighted by Gasteiger charge is 2.47. The fourth-order valence-electron chi connectivity index (χ4n) is 4.31. The van der Waals surface area contributed by atoms with Gasteiger partial charge >= 0.3 is 6.18 Å². The number of nitrogens with zero attached hydrogens (tertiary/aromatic N) is 4. The van der Waals surface area contributed by atoms with Crippen LogP contribution in [0.1, 0.15) is 54.2 Å². The van der Waals surface area contributed by atoms with E-state index in [0.29, 0.717) is 11.3 Å². The van der Waals surface area contributed by atoms with Gasteiger partial charge in [0.25, 0.3) is 5.91 Å². The number of alkyl halides is 3. The summed E-state index contributed by atoms with van der Waals surface area (Å²) in [4.78, 5) is 18.8. The Labute approximate surface area is 155 Å². The van der Waals surface area contributed by atoms with Crippen LogP contribution in [0.2, 0.25) is 0 Å². The van der Waals surface area contributed by atoms with Crippen molar-refractivity contribution in [3.63, 3.8) is 0 Å². The first-order chi connectivity index (χ1) is 12.7. The minimum absolute atomic E-state index is 0.0677. The van der Waals surface area contributed by atoms with E-state index in [2.05, 4.69) is 17.0 Å². The lowest BCUT2D eigenvalue weighted by molar-refractivity contribution is -0.137. The molecule has 0 aromatic carbocycles. The largest absolute Gasteiger partial charge is 0.417 e. The Morgan fingerprint density at radius 2 is 2.00 bits per heavy atom. The molecule has 2 fully saturated rings. The van der Waals surface area contributed by atoms with Gasteiger partial charge in [0.05, 0.1) is 23.0 Å². The van der Waals surface area contributed by atoms with E-state index < -0.39 is 11.7 Å². The second-order valence-electron chi connectivity index (χ2n) is 7.80. The van der Waals surface area contributed by atoms with Crippen LogP contribution in [0, 0.1) is 12.3 Å². The van der Waals surface area contributed by atoms with Crippen molar-refractivity contribution in [1.82, 2.24) is 19.7 Å². The van der Waals surface area contributed by atoms with Gasteiger partial charge in [-0.1, -0.05) is 6.42 Å². The zero-order valence-electron chi connectivity index (χ0n) is 15.3. The third-order valence-electron chi connectivity index (χ3n) is 5.97. The summed E-state index contributed by atoms with van der Waals surface area (Å²) in [6.07, 6.45) is 2.44. The lowest BCUT2D eigenvalue weighted by atomic mass is 9.68. The van der Waals surface area contributed by atoms with Gasteiger partial charge < -0.3 is 4.90 Å². The maximum Gasteiger partial charge on any atom is 0.417 e. The number of hydrogen-bond acceptors (Lipinski definition) is 3. The van der Waals surface area contributed by atoms with E-state index >= 15 is 0 Å². The predicted molar refractivity (Wildman–Crippen MR) is 92.5 cm³/mol. The molecule has 1 aliphatic heterocycles. The third-order valence-corrected chi connectivity index (χ3v) is 5.97. The van der Waals surface area contributed by atoms with Gasteiger partial charge in [0.2, 0.25) is 0 Å². The third kappa shape index (κ3) is 3.00. The molecule has 1 saturated heterocycles. The number of halogens is 3. The Hall–Kier alpha value is -2.38. The average Bonchev–Trinajstić information content (AvgIpc) is 3.14. The van der Waals surface area contributed by atoms with Crippen molar-refractivity contribution in [2.75, 3.05) is 6.54 Å². The molecule has 2 aromatic rings. The molecule has 5 nitrogen and oxygen atoms in total. The zero-order chi connectivity index (χ0) is 19.4. The molecule has 0 radical (unpaired) electrons. The van der Waals surface area contributed by atoms with Crippen molar-refractivity contribution in [3.8, 4) is 5.82 Å². The smallest absolute Gasteiger partial charge is 0.335 e. The molecule has 0 N–H and O–H groups in total. The van der Waals surface area contributed by atoms with Crippen LogP contribution in [0.5, 0.6) is 0 Å². The van der Waals surface area contributed by atoms with Crippen molar-refractivity contribution in [2.24, 2.45) is 5.41 Å². The Bertz CT molecular complexity index is 868. The second kappa shape index (κ2) is 6.07. The molecule has 1 aliphatic carbocycles. The van der Waals surface area contributed by atoms with Crippen molar-refractivity contribution in [2.45, 2.75) is 51.7 Å². The summed E-state index contributed by atoms with van der Waals surface area (Å²) in [5.74, 6) is 0.187. The maximum absolute atomic E-state index is 13.0. The lowest BCUT2D eigenvalue weighted by Crippen LogP contribution is -2.37. The fraction of sp³-hybridized carbons (Fsp3) is 0.526. The van der Waals surface area contributed by atoms with Crippen LogP contribution in [0.25, 0.3) is 5.82 Å². The van der Waals surface area contributed by atoms with Gasteiger partial charge in [0.15, 0.2) is 5.82 Å². The molecule has 1 unspecified atom stereocenters. The maximum atomic E-state index is 13.0.